The summed E-state index contributed by atoms with van der Waals surface area (Å²) in [5.41, 5.74) is 0. The highest BCUT2D eigenvalue weighted by Crippen LogP contribution is 2.50. The van der Waals surface area contributed by atoms with E-state index in [0.29, 0.717) is 0 Å². The van der Waals surface area contributed by atoms with Crippen LogP contribution in [0.2, 0.25) is 0 Å². The molecule has 4 unspecified atom stereocenters. The number of nitrogens with one attached hydrogen (secondary N) is 1. The van der Waals surface area contributed by atoms with Crippen molar-refractivity contribution >= 4 is 0 Å². The molecule has 0 spiro atoms. The summed E-state index contributed by atoms with van der Waals surface area (Å²) in [5.74, 6) is 4.32. The third-order valence-corrected chi connectivity index (χ3v) is 5.78. The van der Waals surface area contributed by atoms with Crippen LogP contribution in [0.3, 0.4) is 0 Å². The van der Waals surface area contributed by atoms with Crippen molar-refractivity contribution in [1.82, 2.24) is 5.32 Å². The van der Waals surface area contributed by atoms with Crippen LogP contribution >= 0.6 is 0 Å². The van der Waals surface area contributed by atoms with E-state index in [9.17, 15) is 0 Å². The quantitative estimate of drug-likeness (QED) is 0.734. The van der Waals surface area contributed by atoms with E-state index in [4.69, 9.17) is 0 Å². The van der Waals surface area contributed by atoms with Crippen LogP contribution < -0.4 is 5.32 Å². The van der Waals surface area contributed by atoms with Gasteiger partial charge in [0.2, 0.25) is 0 Å². The lowest BCUT2D eigenvalue weighted by Crippen LogP contribution is -2.41. The van der Waals surface area contributed by atoms with Crippen LogP contribution in [0.5, 0.6) is 0 Å². The summed E-state index contributed by atoms with van der Waals surface area (Å²) in [7, 11) is 0. The molecule has 3 rings (SSSR count). The summed E-state index contributed by atoms with van der Waals surface area (Å²) in [6, 6.07) is 0.871. The Balaban J connectivity index is 1.56. The fourth-order valence-corrected chi connectivity index (χ4v) is 4.61. The van der Waals surface area contributed by atoms with E-state index in [0.717, 1.165) is 29.7 Å². The predicted octanol–water partition coefficient (Wildman–Crippen LogP) is 3.98. The van der Waals surface area contributed by atoms with Crippen LogP contribution in [0, 0.1) is 23.7 Å². The summed E-state index contributed by atoms with van der Waals surface area (Å²) in [4.78, 5) is 0. The molecule has 1 heteroatoms. The van der Waals surface area contributed by atoms with Gasteiger partial charge in [-0.05, 0) is 62.3 Å². The Morgan fingerprint density at radius 3 is 2.53 bits per heavy atom. The van der Waals surface area contributed by atoms with Gasteiger partial charge in [0.1, 0.15) is 0 Å². The summed E-state index contributed by atoms with van der Waals surface area (Å²) in [5, 5.41) is 3.90. The van der Waals surface area contributed by atoms with Crippen molar-refractivity contribution in [2.75, 3.05) is 6.54 Å². The SMILES string of the molecule is CCCNC(CC1CCC1)C1CC2CCC1C2. The Hall–Kier alpha value is -0.0400. The van der Waals surface area contributed by atoms with E-state index in [2.05, 4.69) is 12.2 Å². The smallest absolute Gasteiger partial charge is 0.0101 e. The van der Waals surface area contributed by atoms with Crippen molar-refractivity contribution in [1.29, 1.82) is 0 Å². The molecule has 1 N–H and O–H groups in total. The van der Waals surface area contributed by atoms with Crippen LogP contribution in [-0.2, 0) is 0 Å². The summed E-state index contributed by atoms with van der Waals surface area (Å²) >= 11 is 0. The summed E-state index contributed by atoms with van der Waals surface area (Å²) in [6.07, 6.45) is 13.5. The van der Waals surface area contributed by atoms with E-state index < -0.39 is 0 Å². The third kappa shape index (κ3) is 2.54. The number of rotatable bonds is 6. The molecule has 3 aliphatic rings. The molecule has 0 saturated heterocycles. The first-order chi connectivity index (χ1) is 8.36. The van der Waals surface area contributed by atoms with Gasteiger partial charge >= 0.3 is 0 Å². The van der Waals surface area contributed by atoms with Gasteiger partial charge in [-0.2, -0.15) is 0 Å². The molecule has 3 fully saturated rings. The zero-order valence-electron chi connectivity index (χ0n) is 11.5. The minimum atomic E-state index is 0.871. The van der Waals surface area contributed by atoms with Crippen LogP contribution in [0.25, 0.3) is 0 Å². The fourth-order valence-electron chi connectivity index (χ4n) is 4.61. The molecule has 98 valence electrons. The van der Waals surface area contributed by atoms with Gasteiger partial charge in [-0.3, -0.25) is 0 Å². The zero-order chi connectivity index (χ0) is 11.7. The molecule has 3 saturated carbocycles. The van der Waals surface area contributed by atoms with Crippen molar-refractivity contribution in [3.8, 4) is 0 Å². The highest BCUT2D eigenvalue weighted by molar-refractivity contribution is 4.96. The lowest BCUT2D eigenvalue weighted by Gasteiger charge is -2.36. The lowest BCUT2D eigenvalue weighted by molar-refractivity contribution is 0.182. The van der Waals surface area contributed by atoms with Gasteiger partial charge < -0.3 is 5.32 Å². The molecule has 0 aromatic carbocycles. The molecule has 0 radical (unpaired) electrons. The van der Waals surface area contributed by atoms with Crippen LogP contribution in [0.15, 0.2) is 0 Å². The Morgan fingerprint density at radius 1 is 1.12 bits per heavy atom. The maximum Gasteiger partial charge on any atom is 0.0101 e. The maximum atomic E-state index is 3.90. The Bertz CT molecular complexity index is 246. The first kappa shape index (κ1) is 12.0. The minimum Gasteiger partial charge on any atom is -0.314 e. The molecule has 17 heavy (non-hydrogen) atoms. The van der Waals surface area contributed by atoms with Crippen molar-refractivity contribution in [3.05, 3.63) is 0 Å². The Kier molecular flexibility index (Phi) is 3.75. The molecule has 4 atom stereocenters. The fraction of sp³-hybridized carbons (Fsp3) is 1.00. The van der Waals surface area contributed by atoms with Crippen LogP contribution in [0.1, 0.15) is 64.7 Å². The topological polar surface area (TPSA) is 12.0 Å². The van der Waals surface area contributed by atoms with Crippen LogP contribution in [0.4, 0.5) is 0 Å². The number of hydrogen-bond acceptors (Lipinski definition) is 1. The van der Waals surface area contributed by atoms with Crippen molar-refractivity contribution in [2.24, 2.45) is 23.7 Å². The molecule has 2 bridgehead atoms. The summed E-state index contributed by atoms with van der Waals surface area (Å²) < 4.78 is 0. The van der Waals surface area contributed by atoms with Crippen molar-refractivity contribution in [3.63, 3.8) is 0 Å². The predicted molar refractivity (Wildman–Crippen MR) is 73.0 cm³/mol. The second kappa shape index (κ2) is 5.30. The second-order valence-corrected chi connectivity index (χ2v) is 6.93. The molecule has 0 aromatic heterocycles. The van der Waals surface area contributed by atoms with Crippen molar-refractivity contribution < 1.29 is 0 Å². The molecule has 0 aliphatic heterocycles. The molecular weight excluding hydrogens is 206 g/mol. The molecular formula is C16H29N. The molecule has 0 amide bonds. The maximum absolute atomic E-state index is 3.90. The van der Waals surface area contributed by atoms with Gasteiger partial charge in [0, 0.05) is 6.04 Å². The van der Waals surface area contributed by atoms with E-state index in [1.54, 1.807) is 25.7 Å². The van der Waals surface area contributed by atoms with Crippen LogP contribution in [-0.4, -0.2) is 12.6 Å². The highest BCUT2D eigenvalue weighted by atomic mass is 14.9. The standard InChI is InChI=1S/C16H29N/c1-2-8-17-16(11-12-4-3-5-12)15-10-13-6-7-14(15)9-13/h12-17H,2-11H2,1H3. The highest BCUT2D eigenvalue weighted by Gasteiger charge is 2.43. The van der Waals surface area contributed by atoms with E-state index >= 15 is 0 Å². The van der Waals surface area contributed by atoms with Gasteiger partial charge in [-0.25, -0.2) is 0 Å². The average Bonchev–Trinajstić information content (AvgIpc) is 2.88. The average molecular weight is 235 g/mol. The molecule has 3 aliphatic carbocycles. The minimum absolute atomic E-state index is 0.871. The van der Waals surface area contributed by atoms with Crippen molar-refractivity contribution in [2.45, 2.75) is 70.8 Å². The van der Waals surface area contributed by atoms with E-state index in [-0.39, 0.29) is 0 Å². The zero-order valence-corrected chi connectivity index (χ0v) is 11.5. The van der Waals surface area contributed by atoms with E-state index in [1.165, 1.54) is 38.6 Å². The second-order valence-electron chi connectivity index (χ2n) is 6.93. The van der Waals surface area contributed by atoms with E-state index in [1.807, 2.05) is 0 Å². The molecule has 1 nitrogen and oxygen atoms in total. The third-order valence-electron chi connectivity index (χ3n) is 5.78. The first-order valence-corrected chi connectivity index (χ1v) is 8.10. The number of fused-ring (bicyclic) bond motifs is 2. The Labute approximate surface area is 107 Å². The van der Waals surface area contributed by atoms with Gasteiger partial charge in [0.25, 0.3) is 0 Å². The normalized spacial score (nSPS) is 38.3. The molecule has 0 heterocycles. The lowest BCUT2D eigenvalue weighted by atomic mass is 9.74. The Morgan fingerprint density at radius 2 is 2.00 bits per heavy atom. The number of hydrogen-bond donors (Lipinski definition) is 1. The van der Waals surface area contributed by atoms with Gasteiger partial charge in [0.15, 0.2) is 0 Å². The van der Waals surface area contributed by atoms with Gasteiger partial charge in [-0.1, -0.05) is 32.6 Å². The largest absolute Gasteiger partial charge is 0.314 e. The first-order valence-electron chi connectivity index (χ1n) is 8.10. The van der Waals surface area contributed by atoms with Gasteiger partial charge in [-0.15, -0.1) is 0 Å². The summed E-state index contributed by atoms with van der Waals surface area (Å²) in [6.45, 7) is 3.54. The monoisotopic (exact) mass is 235 g/mol. The van der Waals surface area contributed by atoms with Gasteiger partial charge in [0.05, 0.1) is 0 Å². The molecule has 0 aromatic rings.